The first-order valence-electron chi connectivity index (χ1n) is 6.38. The van der Waals surface area contributed by atoms with Crippen LogP contribution in [0.4, 0.5) is 0 Å². The van der Waals surface area contributed by atoms with Gasteiger partial charge in [0.15, 0.2) is 0 Å². The molecule has 0 saturated heterocycles. The largest absolute Gasteiger partial charge is 0.391 e. The Labute approximate surface area is 117 Å². The van der Waals surface area contributed by atoms with E-state index in [9.17, 15) is 14.7 Å². The number of aliphatic hydroxyl groups excluding tert-OH is 1. The average Bonchev–Trinajstić information content (AvgIpc) is 2.37. The summed E-state index contributed by atoms with van der Waals surface area (Å²) in [5.41, 5.74) is 0.879. The predicted octanol–water partition coefficient (Wildman–Crippen LogP) is -0.476. The molecule has 0 spiro atoms. The molecule has 1 amide bonds. The van der Waals surface area contributed by atoms with E-state index in [2.05, 4.69) is 10.4 Å². The van der Waals surface area contributed by atoms with Gasteiger partial charge in [0.2, 0.25) is 0 Å². The number of rotatable bonds is 6. The highest BCUT2D eigenvalue weighted by Gasteiger charge is 2.17. The van der Waals surface area contributed by atoms with E-state index in [1.165, 1.54) is 14.2 Å². The molecule has 0 saturated carbocycles. The number of carbonyl (C=O) groups excluding carboxylic acids is 1. The Morgan fingerprint density at radius 1 is 1.50 bits per heavy atom. The van der Waals surface area contributed by atoms with Crippen LogP contribution in [0.15, 0.2) is 4.79 Å². The van der Waals surface area contributed by atoms with Crippen molar-refractivity contribution in [1.82, 2.24) is 15.1 Å². The number of hydrogen-bond acceptors (Lipinski definition) is 5. The van der Waals surface area contributed by atoms with Gasteiger partial charge in [-0.15, -0.1) is 0 Å². The van der Waals surface area contributed by atoms with Crippen LogP contribution in [0.25, 0.3) is 0 Å². The van der Waals surface area contributed by atoms with E-state index >= 15 is 0 Å². The predicted molar refractivity (Wildman–Crippen MR) is 73.8 cm³/mol. The number of aromatic nitrogens is 2. The van der Waals surface area contributed by atoms with Gasteiger partial charge in [-0.1, -0.05) is 0 Å². The number of hydrogen-bond donors (Lipinski definition) is 2. The van der Waals surface area contributed by atoms with Crippen molar-refractivity contribution in [1.29, 1.82) is 0 Å². The first-order chi connectivity index (χ1) is 9.38. The monoisotopic (exact) mass is 283 g/mol. The number of carbonyl (C=O) groups is 1. The second-order valence-electron chi connectivity index (χ2n) is 4.67. The number of methoxy groups -OCH3 is 1. The minimum atomic E-state index is -0.636. The number of nitrogens with one attached hydrogen (secondary N) is 1. The summed E-state index contributed by atoms with van der Waals surface area (Å²) in [6, 6.07) is 0. The van der Waals surface area contributed by atoms with Crippen LogP contribution in [-0.4, -0.2) is 47.2 Å². The zero-order valence-electron chi connectivity index (χ0n) is 12.3. The maximum Gasteiger partial charge on any atom is 0.279 e. The van der Waals surface area contributed by atoms with Crippen molar-refractivity contribution in [3.05, 3.63) is 27.2 Å². The zero-order chi connectivity index (χ0) is 15.3. The molecular formula is C13H21N3O4. The van der Waals surface area contributed by atoms with Crippen molar-refractivity contribution in [3.8, 4) is 0 Å². The van der Waals surface area contributed by atoms with E-state index in [1.807, 2.05) is 0 Å². The summed E-state index contributed by atoms with van der Waals surface area (Å²) in [7, 11) is 3.00. The second-order valence-corrected chi connectivity index (χ2v) is 4.67. The molecule has 0 aromatic carbocycles. The van der Waals surface area contributed by atoms with Crippen molar-refractivity contribution in [2.75, 3.05) is 20.3 Å². The van der Waals surface area contributed by atoms with Gasteiger partial charge < -0.3 is 15.2 Å². The Bertz CT molecular complexity index is 539. The van der Waals surface area contributed by atoms with Crippen LogP contribution in [0.3, 0.4) is 0 Å². The van der Waals surface area contributed by atoms with Gasteiger partial charge in [-0.25, -0.2) is 4.68 Å². The topological polar surface area (TPSA) is 93.4 Å². The SMILES string of the molecule is COCC(O)CCNC(=O)c1c(C)c(C)nn(C)c1=O. The number of amides is 1. The lowest BCUT2D eigenvalue weighted by molar-refractivity contribution is 0.0587. The number of ether oxygens (including phenoxy) is 1. The van der Waals surface area contributed by atoms with Crippen LogP contribution in [0.5, 0.6) is 0 Å². The molecule has 0 radical (unpaired) electrons. The highest BCUT2D eigenvalue weighted by molar-refractivity contribution is 5.95. The summed E-state index contributed by atoms with van der Waals surface area (Å²) in [5.74, 6) is -0.446. The normalized spacial score (nSPS) is 12.2. The number of nitrogens with zero attached hydrogens (tertiary/aromatic N) is 2. The van der Waals surface area contributed by atoms with Gasteiger partial charge in [-0.3, -0.25) is 9.59 Å². The van der Waals surface area contributed by atoms with E-state index in [0.717, 1.165) is 4.68 Å². The summed E-state index contributed by atoms with van der Waals surface area (Å²) in [4.78, 5) is 24.0. The Hall–Kier alpha value is -1.73. The Morgan fingerprint density at radius 3 is 2.75 bits per heavy atom. The fraction of sp³-hybridized carbons (Fsp3) is 0.615. The van der Waals surface area contributed by atoms with Crippen molar-refractivity contribution in [2.45, 2.75) is 26.4 Å². The number of aryl methyl sites for hydroxylation is 2. The van der Waals surface area contributed by atoms with Crippen molar-refractivity contribution >= 4 is 5.91 Å². The number of aliphatic hydroxyl groups is 1. The Kier molecular flexibility index (Phi) is 5.84. The minimum absolute atomic E-state index is 0.0984. The third-order valence-electron chi connectivity index (χ3n) is 3.07. The molecular weight excluding hydrogens is 262 g/mol. The lowest BCUT2D eigenvalue weighted by Crippen LogP contribution is -2.36. The lowest BCUT2D eigenvalue weighted by Gasteiger charge is -2.12. The van der Waals surface area contributed by atoms with Gasteiger partial charge in [-0.05, 0) is 25.8 Å². The fourth-order valence-electron chi connectivity index (χ4n) is 1.83. The maximum atomic E-state index is 12.1. The van der Waals surface area contributed by atoms with Gasteiger partial charge in [0.25, 0.3) is 11.5 Å². The van der Waals surface area contributed by atoms with Crippen LogP contribution in [0, 0.1) is 13.8 Å². The fourth-order valence-corrected chi connectivity index (χ4v) is 1.83. The van der Waals surface area contributed by atoms with E-state index in [-0.39, 0.29) is 18.7 Å². The van der Waals surface area contributed by atoms with Gasteiger partial charge >= 0.3 is 0 Å². The van der Waals surface area contributed by atoms with Gasteiger partial charge in [0.05, 0.1) is 18.4 Å². The van der Waals surface area contributed by atoms with Gasteiger partial charge in [-0.2, -0.15) is 5.10 Å². The zero-order valence-corrected chi connectivity index (χ0v) is 12.3. The molecule has 0 aliphatic rings. The molecule has 0 fully saturated rings. The van der Waals surface area contributed by atoms with Crippen molar-refractivity contribution < 1.29 is 14.6 Å². The summed E-state index contributed by atoms with van der Waals surface area (Å²) in [6.07, 6.45) is -0.272. The third kappa shape index (κ3) is 3.88. The summed E-state index contributed by atoms with van der Waals surface area (Å²) in [6.45, 7) is 3.92. The molecule has 20 heavy (non-hydrogen) atoms. The molecule has 7 heteroatoms. The molecule has 0 aliphatic heterocycles. The average molecular weight is 283 g/mol. The first-order valence-corrected chi connectivity index (χ1v) is 6.38. The maximum absolute atomic E-state index is 12.1. The van der Waals surface area contributed by atoms with Crippen molar-refractivity contribution in [3.63, 3.8) is 0 Å². The molecule has 1 heterocycles. The van der Waals surface area contributed by atoms with Crippen LogP contribution in [0.1, 0.15) is 28.0 Å². The summed E-state index contributed by atoms with van der Waals surface area (Å²) in [5, 5.41) is 16.1. The molecule has 7 nitrogen and oxygen atoms in total. The highest BCUT2D eigenvalue weighted by atomic mass is 16.5. The van der Waals surface area contributed by atoms with E-state index in [1.54, 1.807) is 13.8 Å². The smallest absolute Gasteiger partial charge is 0.279 e. The minimum Gasteiger partial charge on any atom is -0.391 e. The van der Waals surface area contributed by atoms with E-state index in [0.29, 0.717) is 17.7 Å². The van der Waals surface area contributed by atoms with Crippen LogP contribution in [0.2, 0.25) is 0 Å². The van der Waals surface area contributed by atoms with Gasteiger partial charge in [0.1, 0.15) is 5.56 Å². The Balaban J connectivity index is 2.76. The molecule has 1 aromatic rings. The molecule has 1 rings (SSSR count). The molecule has 2 N–H and O–H groups in total. The van der Waals surface area contributed by atoms with Gasteiger partial charge in [0, 0.05) is 20.7 Å². The van der Waals surface area contributed by atoms with E-state index < -0.39 is 17.6 Å². The van der Waals surface area contributed by atoms with Crippen LogP contribution in [-0.2, 0) is 11.8 Å². The Morgan fingerprint density at radius 2 is 2.15 bits per heavy atom. The first kappa shape index (κ1) is 16.3. The molecule has 1 aromatic heterocycles. The van der Waals surface area contributed by atoms with Crippen molar-refractivity contribution in [2.24, 2.45) is 7.05 Å². The summed E-state index contributed by atoms with van der Waals surface area (Å²) < 4.78 is 5.94. The van der Waals surface area contributed by atoms with E-state index in [4.69, 9.17) is 4.74 Å². The summed E-state index contributed by atoms with van der Waals surface area (Å²) >= 11 is 0. The molecule has 0 bridgehead atoms. The standard InChI is InChI=1S/C13H21N3O4/c1-8-9(2)15-16(3)13(19)11(8)12(18)14-6-5-10(17)7-20-4/h10,17H,5-7H2,1-4H3,(H,14,18). The molecule has 1 unspecified atom stereocenters. The highest BCUT2D eigenvalue weighted by Crippen LogP contribution is 2.05. The molecule has 112 valence electrons. The lowest BCUT2D eigenvalue weighted by atomic mass is 10.1. The second kappa shape index (κ2) is 7.16. The third-order valence-corrected chi connectivity index (χ3v) is 3.07. The van der Waals surface area contributed by atoms with Crippen LogP contribution >= 0.6 is 0 Å². The quantitative estimate of drug-likeness (QED) is 0.736. The molecule has 1 atom stereocenters. The van der Waals surface area contributed by atoms with Crippen LogP contribution < -0.4 is 10.9 Å². The molecule has 0 aliphatic carbocycles.